The van der Waals surface area contributed by atoms with Crippen LogP contribution in [-0.2, 0) is 0 Å². The highest BCUT2D eigenvalue weighted by molar-refractivity contribution is 6.08. The third-order valence-corrected chi connectivity index (χ3v) is 10.8. The average Bonchev–Trinajstić information content (AvgIpc) is 3.66. The Morgan fingerprint density at radius 2 is 0.789 bits per heavy atom. The summed E-state index contributed by atoms with van der Waals surface area (Å²) in [6.07, 6.45) is 0. The number of benzene rings is 8. The van der Waals surface area contributed by atoms with E-state index >= 15 is 0 Å². The van der Waals surface area contributed by atoms with E-state index in [9.17, 15) is 0 Å². The molecule has 0 saturated heterocycles. The molecule has 0 aliphatic carbocycles. The predicted molar refractivity (Wildman–Crippen MR) is 233 cm³/mol. The molecule has 0 aliphatic heterocycles. The van der Waals surface area contributed by atoms with Gasteiger partial charge in [-0.15, -0.1) is 0 Å². The molecule has 0 amide bonds. The molecule has 0 N–H and O–H groups in total. The molecule has 11 rings (SSSR count). The maximum absolute atomic E-state index is 6.30. The van der Waals surface area contributed by atoms with Crippen molar-refractivity contribution in [3.05, 3.63) is 194 Å². The van der Waals surface area contributed by atoms with E-state index in [1.165, 1.54) is 27.3 Å². The summed E-state index contributed by atoms with van der Waals surface area (Å²) in [4.78, 5) is 20.4. The number of fused-ring (bicyclic) bond motifs is 6. The molecule has 57 heavy (non-hydrogen) atoms. The highest BCUT2D eigenvalue weighted by Gasteiger charge is 2.17. The minimum absolute atomic E-state index is 0.490. The molecule has 0 saturated carbocycles. The minimum Gasteiger partial charge on any atom is -0.454 e. The summed E-state index contributed by atoms with van der Waals surface area (Å²) in [6, 6.07) is 67.3. The number of hydrogen-bond acceptors (Lipinski definition) is 5. The smallest absolute Gasteiger partial charge is 0.182 e. The second kappa shape index (κ2) is 13.5. The lowest BCUT2D eigenvalue weighted by atomic mass is 9.99. The van der Waals surface area contributed by atoms with Gasteiger partial charge in [0.05, 0.1) is 0 Å². The predicted octanol–water partition coefficient (Wildman–Crippen LogP) is 13.5. The molecule has 0 atom stereocenters. The molecule has 0 aliphatic rings. The first-order chi connectivity index (χ1) is 28.2. The lowest BCUT2D eigenvalue weighted by Crippen LogP contribution is -2.01. The second-order valence-corrected chi connectivity index (χ2v) is 14.3. The van der Waals surface area contributed by atoms with Gasteiger partial charge in [-0.3, -0.25) is 0 Å². The Morgan fingerprint density at radius 1 is 0.281 bits per heavy atom. The van der Waals surface area contributed by atoms with Crippen molar-refractivity contribution in [3.63, 3.8) is 0 Å². The number of hydrogen-bond donors (Lipinski definition) is 0. The third kappa shape index (κ3) is 5.99. The van der Waals surface area contributed by atoms with Crippen LogP contribution in [0.25, 0.3) is 111 Å². The van der Waals surface area contributed by atoms with Gasteiger partial charge < -0.3 is 4.42 Å². The summed E-state index contributed by atoms with van der Waals surface area (Å²) in [6.45, 7) is 0. The summed E-state index contributed by atoms with van der Waals surface area (Å²) in [5, 5.41) is 5.67. The molecule has 0 radical (unpaired) electrons. The van der Waals surface area contributed by atoms with E-state index in [2.05, 4.69) is 164 Å². The fourth-order valence-electron chi connectivity index (χ4n) is 7.78. The Balaban J connectivity index is 1.02. The van der Waals surface area contributed by atoms with E-state index in [0.29, 0.717) is 28.8 Å². The van der Waals surface area contributed by atoms with Crippen LogP contribution in [0, 0.1) is 0 Å². The maximum Gasteiger partial charge on any atom is 0.182 e. The topological polar surface area (TPSA) is 64.7 Å². The highest BCUT2D eigenvalue weighted by atomic mass is 16.3. The number of rotatable bonds is 6. The fraction of sp³-hybridized carbons (Fsp3) is 0. The Kier molecular flexibility index (Phi) is 7.74. The van der Waals surface area contributed by atoms with Crippen LogP contribution in [0.1, 0.15) is 0 Å². The standard InChI is InChI=1S/C52H32N4O/c1-3-9-33(10-4-1)35-15-17-37(18-16-35)40-26-29-47-45(32-40)49-48(57-47)30-28-46(53-49)52-55-50(39-22-19-36(20-23-39)34-11-5-2-6-12-34)54-51(56-52)42-25-27-44-41(31-42)24-21-38-13-7-8-14-43(38)44/h1-32H. The van der Waals surface area contributed by atoms with E-state index in [0.717, 1.165) is 55.3 Å². The first-order valence-corrected chi connectivity index (χ1v) is 19.0. The van der Waals surface area contributed by atoms with Gasteiger partial charge in [0.1, 0.15) is 16.8 Å². The van der Waals surface area contributed by atoms with Crippen molar-refractivity contribution in [3.8, 4) is 67.7 Å². The second-order valence-electron chi connectivity index (χ2n) is 14.3. The molecule has 11 aromatic rings. The molecule has 0 fully saturated rings. The van der Waals surface area contributed by atoms with E-state index < -0.39 is 0 Å². The fourth-order valence-corrected chi connectivity index (χ4v) is 7.78. The summed E-state index contributed by atoms with van der Waals surface area (Å²) in [5.41, 5.74) is 11.5. The molecule has 0 spiro atoms. The molecule has 3 aromatic heterocycles. The zero-order chi connectivity index (χ0) is 37.7. The molecular formula is C52H32N4O. The number of aromatic nitrogens is 4. The largest absolute Gasteiger partial charge is 0.454 e. The van der Waals surface area contributed by atoms with Crippen LogP contribution in [0.3, 0.4) is 0 Å². The molecule has 266 valence electrons. The van der Waals surface area contributed by atoms with Gasteiger partial charge >= 0.3 is 0 Å². The van der Waals surface area contributed by atoms with Gasteiger partial charge in [-0.05, 0) is 85.3 Å². The Labute approximate surface area is 328 Å². The van der Waals surface area contributed by atoms with E-state index in [1.807, 2.05) is 30.3 Å². The van der Waals surface area contributed by atoms with Crippen LogP contribution in [0.2, 0.25) is 0 Å². The molecule has 0 unspecified atom stereocenters. The molecule has 3 heterocycles. The summed E-state index contributed by atoms with van der Waals surface area (Å²) in [7, 11) is 0. The molecule has 5 heteroatoms. The maximum atomic E-state index is 6.30. The van der Waals surface area contributed by atoms with Crippen molar-refractivity contribution in [1.82, 2.24) is 19.9 Å². The van der Waals surface area contributed by atoms with E-state index in [-0.39, 0.29) is 0 Å². The Hall–Kier alpha value is -7.76. The summed E-state index contributed by atoms with van der Waals surface area (Å²) >= 11 is 0. The lowest BCUT2D eigenvalue weighted by molar-refractivity contribution is 0.668. The average molecular weight is 729 g/mol. The summed E-state index contributed by atoms with van der Waals surface area (Å²) < 4.78 is 6.30. The molecule has 8 aromatic carbocycles. The number of furan rings is 1. The van der Waals surface area contributed by atoms with E-state index in [4.69, 9.17) is 24.4 Å². The first kappa shape index (κ1) is 32.7. The van der Waals surface area contributed by atoms with Crippen LogP contribution in [-0.4, -0.2) is 19.9 Å². The monoisotopic (exact) mass is 728 g/mol. The van der Waals surface area contributed by atoms with Crippen LogP contribution in [0.5, 0.6) is 0 Å². The molecule has 5 nitrogen and oxygen atoms in total. The van der Waals surface area contributed by atoms with Gasteiger partial charge in [0.2, 0.25) is 0 Å². The van der Waals surface area contributed by atoms with E-state index in [1.54, 1.807) is 0 Å². The van der Waals surface area contributed by atoms with Gasteiger partial charge in [-0.1, -0.05) is 164 Å². The van der Waals surface area contributed by atoms with Crippen molar-refractivity contribution >= 4 is 43.6 Å². The van der Waals surface area contributed by atoms with Gasteiger partial charge in [-0.2, -0.15) is 0 Å². The zero-order valence-corrected chi connectivity index (χ0v) is 30.7. The van der Waals surface area contributed by atoms with Crippen LogP contribution in [0.4, 0.5) is 0 Å². The van der Waals surface area contributed by atoms with Gasteiger partial charge in [0.25, 0.3) is 0 Å². The normalized spacial score (nSPS) is 11.5. The van der Waals surface area contributed by atoms with Gasteiger partial charge in [0.15, 0.2) is 23.1 Å². The Morgan fingerprint density at radius 3 is 1.51 bits per heavy atom. The van der Waals surface area contributed by atoms with Crippen LogP contribution >= 0.6 is 0 Å². The van der Waals surface area contributed by atoms with Crippen LogP contribution in [0.15, 0.2) is 199 Å². The highest BCUT2D eigenvalue weighted by Crippen LogP contribution is 2.35. The van der Waals surface area contributed by atoms with Crippen molar-refractivity contribution in [2.24, 2.45) is 0 Å². The third-order valence-electron chi connectivity index (χ3n) is 10.8. The minimum atomic E-state index is 0.490. The quantitative estimate of drug-likeness (QED) is 0.160. The van der Waals surface area contributed by atoms with Crippen LogP contribution < -0.4 is 0 Å². The van der Waals surface area contributed by atoms with Gasteiger partial charge in [0, 0.05) is 16.5 Å². The Bertz CT molecular complexity index is 3270. The van der Waals surface area contributed by atoms with Crippen molar-refractivity contribution < 1.29 is 4.42 Å². The first-order valence-electron chi connectivity index (χ1n) is 19.0. The SMILES string of the molecule is c1ccc(-c2ccc(-c3ccc4oc5ccc(-c6nc(-c7ccc(-c8ccccc8)cc7)nc(-c7ccc8c(ccc9ccccc98)c7)n6)nc5c4c3)cc2)cc1. The van der Waals surface area contributed by atoms with Crippen molar-refractivity contribution in [2.45, 2.75) is 0 Å². The number of nitrogens with zero attached hydrogens (tertiary/aromatic N) is 4. The summed E-state index contributed by atoms with van der Waals surface area (Å²) in [5.74, 6) is 1.65. The zero-order valence-electron chi connectivity index (χ0n) is 30.7. The molecule has 0 bridgehead atoms. The molecular weight excluding hydrogens is 697 g/mol. The lowest BCUT2D eigenvalue weighted by Gasteiger charge is -2.10. The number of pyridine rings is 1. The van der Waals surface area contributed by atoms with Crippen molar-refractivity contribution in [1.29, 1.82) is 0 Å². The van der Waals surface area contributed by atoms with Crippen molar-refractivity contribution in [2.75, 3.05) is 0 Å². The van der Waals surface area contributed by atoms with Gasteiger partial charge in [-0.25, -0.2) is 19.9 Å².